The Hall–Kier alpha value is -3.12. The molecule has 1 atom stereocenters. The Labute approximate surface area is 177 Å². The van der Waals surface area contributed by atoms with Gasteiger partial charge in [0.2, 0.25) is 0 Å². The number of likely N-dealkylation sites (tertiary alicyclic amines) is 1. The summed E-state index contributed by atoms with van der Waals surface area (Å²) in [5, 5.41) is 0. The number of hydrogen-bond donors (Lipinski definition) is 0. The molecule has 1 fully saturated rings. The van der Waals surface area contributed by atoms with Crippen molar-refractivity contribution >= 4 is 5.78 Å². The van der Waals surface area contributed by atoms with E-state index in [1.54, 1.807) is 26.5 Å². The van der Waals surface area contributed by atoms with E-state index < -0.39 is 0 Å². The minimum atomic E-state index is -0.0423. The Morgan fingerprint density at radius 2 is 2.03 bits per heavy atom. The summed E-state index contributed by atoms with van der Waals surface area (Å²) >= 11 is 0. The number of methoxy groups -OCH3 is 2. The van der Waals surface area contributed by atoms with E-state index >= 15 is 0 Å². The summed E-state index contributed by atoms with van der Waals surface area (Å²) in [6, 6.07) is 15.5. The molecule has 0 aliphatic carbocycles. The third kappa shape index (κ3) is 4.24. The maximum absolute atomic E-state index is 13.3. The van der Waals surface area contributed by atoms with Crippen LogP contribution in [0.1, 0.15) is 28.9 Å². The fraction of sp³-hybridized carbons (Fsp3) is 0.333. The molecule has 0 bridgehead atoms. The molecule has 1 aromatic carbocycles. The monoisotopic (exact) mass is 405 g/mol. The van der Waals surface area contributed by atoms with Crippen molar-refractivity contribution in [3.8, 4) is 17.3 Å². The van der Waals surface area contributed by atoms with E-state index in [1.807, 2.05) is 42.6 Å². The SMILES string of the molecule is COc1ccc(C(=O)[C@@H]2CCCN(Cc3cccn3-c3ccccn3)C2)c(OC)c1. The third-order valence-corrected chi connectivity index (χ3v) is 5.67. The number of carbonyl (C=O) groups is 1. The summed E-state index contributed by atoms with van der Waals surface area (Å²) in [6.45, 7) is 2.51. The molecule has 0 saturated carbocycles. The fourth-order valence-electron chi connectivity index (χ4n) is 4.13. The zero-order valence-corrected chi connectivity index (χ0v) is 17.5. The van der Waals surface area contributed by atoms with E-state index in [1.165, 1.54) is 5.69 Å². The van der Waals surface area contributed by atoms with E-state index in [2.05, 4.69) is 20.5 Å². The van der Waals surface area contributed by atoms with Crippen molar-refractivity contribution in [1.82, 2.24) is 14.5 Å². The lowest BCUT2D eigenvalue weighted by Crippen LogP contribution is -2.38. The van der Waals surface area contributed by atoms with Crippen molar-refractivity contribution in [1.29, 1.82) is 0 Å². The van der Waals surface area contributed by atoms with E-state index in [9.17, 15) is 4.79 Å². The number of carbonyl (C=O) groups excluding carboxylic acids is 1. The number of pyridine rings is 1. The highest BCUT2D eigenvalue weighted by molar-refractivity contribution is 6.00. The van der Waals surface area contributed by atoms with Crippen LogP contribution in [0.5, 0.6) is 11.5 Å². The molecule has 1 saturated heterocycles. The van der Waals surface area contributed by atoms with Gasteiger partial charge >= 0.3 is 0 Å². The van der Waals surface area contributed by atoms with Crippen LogP contribution in [-0.2, 0) is 6.54 Å². The van der Waals surface area contributed by atoms with E-state index in [4.69, 9.17) is 9.47 Å². The first-order chi connectivity index (χ1) is 14.7. The Kier molecular flexibility index (Phi) is 6.14. The molecule has 3 aromatic rings. The zero-order chi connectivity index (χ0) is 20.9. The van der Waals surface area contributed by atoms with Crippen LogP contribution in [-0.4, -0.2) is 47.5 Å². The van der Waals surface area contributed by atoms with Gasteiger partial charge in [0.15, 0.2) is 5.78 Å². The van der Waals surface area contributed by atoms with Crippen LogP contribution in [0.3, 0.4) is 0 Å². The van der Waals surface area contributed by atoms with Crippen LogP contribution >= 0.6 is 0 Å². The minimum absolute atomic E-state index is 0.0423. The maximum Gasteiger partial charge on any atom is 0.170 e. The average molecular weight is 405 g/mol. The molecule has 3 heterocycles. The quantitative estimate of drug-likeness (QED) is 0.557. The zero-order valence-electron chi connectivity index (χ0n) is 17.5. The molecular weight excluding hydrogens is 378 g/mol. The Morgan fingerprint density at radius 3 is 2.80 bits per heavy atom. The first kappa shape index (κ1) is 20.2. The Morgan fingerprint density at radius 1 is 1.13 bits per heavy atom. The van der Waals surface area contributed by atoms with Crippen molar-refractivity contribution in [3.05, 3.63) is 72.2 Å². The summed E-state index contributed by atoms with van der Waals surface area (Å²) in [5.41, 5.74) is 1.80. The second-order valence-electron chi connectivity index (χ2n) is 7.56. The number of rotatable bonds is 7. The summed E-state index contributed by atoms with van der Waals surface area (Å²) in [7, 11) is 3.20. The predicted octanol–water partition coefficient (Wildman–Crippen LogP) is 3.98. The lowest BCUT2D eigenvalue weighted by molar-refractivity contribution is 0.0806. The first-order valence-electron chi connectivity index (χ1n) is 10.3. The van der Waals surface area contributed by atoms with E-state index in [0.29, 0.717) is 17.1 Å². The van der Waals surface area contributed by atoms with Crippen LogP contribution in [0.4, 0.5) is 0 Å². The molecule has 0 N–H and O–H groups in total. The van der Waals surface area contributed by atoms with Gasteiger partial charge in [0.05, 0.1) is 19.8 Å². The smallest absolute Gasteiger partial charge is 0.170 e. The molecule has 2 aromatic heterocycles. The number of ketones is 1. The van der Waals surface area contributed by atoms with Crippen molar-refractivity contribution in [2.45, 2.75) is 19.4 Å². The molecule has 4 rings (SSSR count). The van der Waals surface area contributed by atoms with Crippen LogP contribution in [0, 0.1) is 5.92 Å². The normalized spacial score (nSPS) is 16.9. The van der Waals surface area contributed by atoms with Crippen molar-refractivity contribution in [2.75, 3.05) is 27.3 Å². The van der Waals surface area contributed by atoms with Gasteiger partial charge < -0.3 is 14.0 Å². The topological polar surface area (TPSA) is 56.6 Å². The van der Waals surface area contributed by atoms with Gasteiger partial charge in [-0.05, 0) is 55.8 Å². The van der Waals surface area contributed by atoms with Gasteiger partial charge in [-0.3, -0.25) is 9.69 Å². The van der Waals surface area contributed by atoms with Gasteiger partial charge in [0.25, 0.3) is 0 Å². The second kappa shape index (κ2) is 9.13. The molecule has 0 spiro atoms. The van der Waals surface area contributed by atoms with Gasteiger partial charge in [-0.2, -0.15) is 0 Å². The number of hydrogen-bond acceptors (Lipinski definition) is 5. The van der Waals surface area contributed by atoms with Gasteiger partial charge in [-0.1, -0.05) is 6.07 Å². The van der Waals surface area contributed by atoms with Gasteiger partial charge in [0.1, 0.15) is 17.3 Å². The fourth-order valence-corrected chi connectivity index (χ4v) is 4.13. The lowest BCUT2D eigenvalue weighted by Gasteiger charge is -2.32. The standard InChI is InChI=1S/C24H27N3O3/c1-29-20-10-11-21(22(15-20)30-2)24(28)18-7-5-13-26(16-18)17-19-8-6-14-27(19)23-9-3-4-12-25-23/h3-4,6,8-12,14-15,18H,5,7,13,16-17H2,1-2H3/t18-/m1/s1. The van der Waals surface area contributed by atoms with Crippen molar-refractivity contribution < 1.29 is 14.3 Å². The molecule has 156 valence electrons. The summed E-state index contributed by atoms with van der Waals surface area (Å²) in [6.07, 6.45) is 5.73. The van der Waals surface area contributed by atoms with Crippen LogP contribution in [0.2, 0.25) is 0 Å². The van der Waals surface area contributed by atoms with Gasteiger partial charge in [-0.15, -0.1) is 0 Å². The first-order valence-corrected chi connectivity index (χ1v) is 10.3. The van der Waals surface area contributed by atoms with Crippen LogP contribution in [0.25, 0.3) is 5.82 Å². The highest BCUT2D eigenvalue weighted by atomic mass is 16.5. The Balaban J connectivity index is 1.48. The van der Waals surface area contributed by atoms with Crippen molar-refractivity contribution in [3.63, 3.8) is 0 Å². The van der Waals surface area contributed by atoms with Crippen LogP contribution < -0.4 is 9.47 Å². The molecule has 30 heavy (non-hydrogen) atoms. The van der Waals surface area contributed by atoms with Crippen LogP contribution in [0.15, 0.2) is 60.9 Å². The highest BCUT2D eigenvalue weighted by Crippen LogP contribution is 2.30. The molecule has 0 unspecified atom stereocenters. The number of Topliss-reactive ketones (excluding diaryl/α,β-unsaturated/α-hetero) is 1. The number of ether oxygens (including phenoxy) is 2. The molecule has 1 aliphatic heterocycles. The molecule has 1 aliphatic rings. The average Bonchev–Trinajstić information content (AvgIpc) is 3.27. The van der Waals surface area contributed by atoms with E-state index in [0.717, 1.165) is 38.3 Å². The molecular formula is C24H27N3O3. The summed E-state index contributed by atoms with van der Waals surface area (Å²) in [4.78, 5) is 20.1. The van der Waals surface area contributed by atoms with Gasteiger partial charge in [-0.25, -0.2) is 4.98 Å². The molecule has 0 amide bonds. The predicted molar refractivity (Wildman–Crippen MR) is 115 cm³/mol. The maximum atomic E-state index is 13.3. The summed E-state index contributed by atoms with van der Waals surface area (Å²) in [5.74, 6) is 2.26. The number of benzene rings is 1. The third-order valence-electron chi connectivity index (χ3n) is 5.67. The van der Waals surface area contributed by atoms with Gasteiger partial charge in [0, 0.05) is 43.2 Å². The summed E-state index contributed by atoms with van der Waals surface area (Å²) < 4.78 is 12.8. The molecule has 6 heteroatoms. The lowest BCUT2D eigenvalue weighted by atomic mass is 9.89. The van der Waals surface area contributed by atoms with Crippen molar-refractivity contribution in [2.24, 2.45) is 5.92 Å². The Bertz CT molecular complexity index is 1000. The minimum Gasteiger partial charge on any atom is -0.497 e. The number of piperidine rings is 1. The largest absolute Gasteiger partial charge is 0.497 e. The van der Waals surface area contributed by atoms with E-state index in [-0.39, 0.29) is 11.7 Å². The molecule has 0 radical (unpaired) electrons. The molecule has 6 nitrogen and oxygen atoms in total. The number of aromatic nitrogens is 2. The second-order valence-corrected chi connectivity index (χ2v) is 7.56. The highest BCUT2D eigenvalue weighted by Gasteiger charge is 2.29. The number of nitrogens with zero attached hydrogens (tertiary/aromatic N) is 3.